The van der Waals surface area contributed by atoms with Gasteiger partial charge in [-0.05, 0) is 50.5 Å². The maximum absolute atomic E-state index is 12.6. The Labute approximate surface area is 171 Å². The van der Waals surface area contributed by atoms with Crippen molar-refractivity contribution in [1.29, 1.82) is 0 Å². The lowest BCUT2D eigenvalue weighted by Crippen LogP contribution is -2.38. The lowest BCUT2D eigenvalue weighted by atomic mass is 10.0. The van der Waals surface area contributed by atoms with Crippen LogP contribution in [0.25, 0.3) is 0 Å². The molecule has 0 atom stereocenters. The molecule has 0 saturated carbocycles. The minimum atomic E-state index is -0.233. The summed E-state index contributed by atoms with van der Waals surface area (Å²) in [5, 5.41) is 2.83. The summed E-state index contributed by atoms with van der Waals surface area (Å²) >= 11 is 0. The molecule has 3 rings (SSSR count). The van der Waals surface area contributed by atoms with E-state index >= 15 is 0 Å². The molecule has 0 fully saturated rings. The second-order valence-corrected chi connectivity index (χ2v) is 7.24. The zero-order chi connectivity index (χ0) is 20.8. The van der Waals surface area contributed by atoms with Gasteiger partial charge in [-0.15, -0.1) is 0 Å². The van der Waals surface area contributed by atoms with E-state index in [1.54, 1.807) is 23.1 Å². The summed E-state index contributed by atoms with van der Waals surface area (Å²) in [6, 6.07) is 11.5. The predicted octanol–water partition coefficient (Wildman–Crippen LogP) is 3.49. The number of rotatable bonds is 7. The summed E-state index contributed by atoms with van der Waals surface area (Å²) in [6.07, 6.45) is 1.06. The Morgan fingerprint density at radius 2 is 1.79 bits per heavy atom. The third-order valence-corrected chi connectivity index (χ3v) is 5.00. The van der Waals surface area contributed by atoms with Crippen LogP contribution in [0.4, 0.5) is 5.69 Å². The molecule has 0 aliphatic carbocycles. The van der Waals surface area contributed by atoms with Crippen LogP contribution in [0.1, 0.15) is 30.0 Å². The van der Waals surface area contributed by atoms with E-state index in [2.05, 4.69) is 37.4 Å². The van der Waals surface area contributed by atoms with Crippen molar-refractivity contribution < 1.29 is 19.1 Å². The van der Waals surface area contributed by atoms with Gasteiger partial charge >= 0.3 is 0 Å². The molecule has 0 saturated heterocycles. The fourth-order valence-corrected chi connectivity index (χ4v) is 3.40. The molecule has 6 nitrogen and oxygen atoms in total. The number of hydrogen-bond donors (Lipinski definition) is 1. The maximum Gasteiger partial charge on any atom is 0.243 e. The molecule has 0 unspecified atom stereocenters. The largest absolute Gasteiger partial charge is 0.486 e. The Kier molecular flexibility index (Phi) is 6.75. The maximum atomic E-state index is 12.6. The Morgan fingerprint density at radius 1 is 1.03 bits per heavy atom. The Bertz CT molecular complexity index is 894. The molecule has 2 aromatic rings. The lowest BCUT2D eigenvalue weighted by Gasteiger charge is -2.21. The van der Waals surface area contributed by atoms with Crippen LogP contribution >= 0.6 is 0 Å². The van der Waals surface area contributed by atoms with Gasteiger partial charge in [-0.3, -0.25) is 9.59 Å². The summed E-state index contributed by atoms with van der Waals surface area (Å²) in [7, 11) is 0. The number of fused-ring (bicyclic) bond motifs is 1. The van der Waals surface area contributed by atoms with E-state index in [0.717, 1.165) is 0 Å². The van der Waals surface area contributed by atoms with E-state index in [1.165, 1.54) is 16.7 Å². The molecule has 154 valence electrons. The van der Waals surface area contributed by atoms with Gasteiger partial charge in [0.15, 0.2) is 11.5 Å². The number of hydrogen-bond acceptors (Lipinski definition) is 4. The first kappa shape index (κ1) is 20.7. The highest BCUT2D eigenvalue weighted by atomic mass is 16.6. The number of aryl methyl sites for hydroxylation is 3. The van der Waals surface area contributed by atoms with Crippen LogP contribution < -0.4 is 14.8 Å². The zero-order valence-corrected chi connectivity index (χ0v) is 17.3. The first-order valence-corrected chi connectivity index (χ1v) is 9.99. The summed E-state index contributed by atoms with van der Waals surface area (Å²) in [6.45, 7) is 7.52. The van der Waals surface area contributed by atoms with E-state index in [0.29, 0.717) is 49.8 Å². The zero-order valence-electron chi connectivity index (χ0n) is 17.3. The van der Waals surface area contributed by atoms with Gasteiger partial charge < -0.3 is 19.7 Å². The van der Waals surface area contributed by atoms with Gasteiger partial charge in [-0.1, -0.05) is 23.8 Å². The van der Waals surface area contributed by atoms with E-state index in [4.69, 9.17) is 9.47 Å². The van der Waals surface area contributed by atoms with E-state index in [1.807, 2.05) is 6.92 Å². The quantitative estimate of drug-likeness (QED) is 0.778. The van der Waals surface area contributed by atoms with Crippen molar-refractivity contribution in [2.24, 2.45) is 0 Å². The number of nitrogens with zero attached hydrogens (tertiary/aromatic N) is 1. The van der Waals surface area contributed by atoms with Crippen molar-refractivity contribution in [2.45, 2.75) is 33.6 Å². The van der Waals surface area contributed by atoms with Crippen LogP contribution in [0.15, 0.2) is 36.4 Å². The van der Waals surface area contributed by atoms with E-state index in [-0.39, 0.29) is 18.4 Å². The number of likely N-dealkylation sites (N-methyl/N-ethyl adjacent to an activating group) is 1. The van der Waals surface area contributed by atoms with Crippen molar-refractivity contribution in [3.8, 4) is 11.5 Å². The number of amides is 2. The molecule has 6 heteroatoms. The van der Waals surface area contributed by atoms with Crippen molar-refractivity contribution in [3.05, 3.63) is 53.1 Å². The van der Waals surface area contributed by atoms with Crippen LogP contribution in [0.3, 0.4) is 0 Å². The van der Waals surface area contributed by atoms with Gasteiger partial charge in [0.2, 0.25) is 11.8 Å². The average molecular weight is 396 g/mol. The fraction of sp³-hybridized carbons (Fsp3) is 0.391. The minimum Gasteiger partial charge on any atom is -0.486 e. The molecule has 1 heterocycles. The monoisotopic (exact) mass is 396 g/mol. The standard InChI is InChI=1S/C23H28N2O4/c1-4-25(23(27)10-7-18-6-5-16(2)13-17(18)3)15-22(26)24-19-8-9-20-21(14-19)29-12-11-28-20/h5-6,8-9,13-14H,4,7,10-12,15H2,1-3H3,(H,24,26). The molecule has 0 aromatic heterocycles. The minimum absolute atomic E-state index is 0.0233. The number of carbonyl (C=O) groups excluding carboxylic acids is 2. The number of nitrogens with one attached hydrogen (secondary N) is 1. The third-order valence-electron chi connectivity index (χ3n) is 5.00. The average Bonchev–Trinajstić information content (AvgIpc) is 2.71. The van der Waals surface area contributed by atoms with Crippen molar-refractivity contribution in [2.75, 3.05) is 31.6 Å². The van der Waals surface area contributed by atoms with Crippen LogP contribution in [0.5, 0.6) is 11.5 Å². The SMILES string of the molecule is CCN(CC(=O)Nc1ccc2c(c1)OCCO2)C(=O)CCc1ccc(C)cc1C. The fourth-order valence-electron chi connectivity index (χ4n) is 3.40. The number of ether oxygens (including phenoxy) is 2. The molecule has 0 radical (unpaired) electrons. The van der Waals surface area contributed by atoms with Crippen molar-refractivity contribution in [1.82, 2.24) is 4.90 Å². The topological polar surface area (TPSA) is 67.9 Å². The molecule has 2 aromatic carbocycles. The molecule has 29 heavy (non-hydrogen) atoms. The molecule has 1 N–H and O–H groups in total. The Hall–Kier alpha value is -3.02. The molecular formula is C23H28N2O4. The molecule has 0 bridgehead atoms. The second kappa shape index (κ2) is 9.45. The molecule has 1 aliphatic heterocycles. The highest BCUT2D eigenvalue weighted by molar-refractivity contribution is 5.94. The predicted molar refractivity (Wildman–Crippen MR) is 113 cm³/mol. The third kappa shape index (κ3) is 5.50. The normalized spacial score (nSPS) is 12.4. The summed E-state index contributed by atoms with van der Waals surface area (Å²) in [5.74, 6) is 1.03. The molecule has 2 amide bonds. The number of anilines is 1. The van der Waals surface area contributed by atoms with Gasteiger partial charge in [0.05, 0.1) is 6.54 Å². The smallest absolute Gasteiger partial charge is 0.243 e. The first-order chi connectivity index (χ1) is 14.0. The van der Waals surface area contributed by atoms with E-state index < -0.39 is 0 Å². The van der Waals surface area contributed by atoms with Crippen LogP contribution in [0, 0.1) is 13.8 Å². The van der Waals surface area contributed by atoms with Gasteiger partial charge in [-0.2, -0.15) is 0 Å². The van der Waals surface area contributed by atoms with Gasteiger partial charge in [-0.25, -0.2) is 0 Å². The van der Waals surface area contributed by atoms with Gasteiger partial charge in [0.25, 0.3) is 0 Å². The van der Waals surface area contributed by atoms with Crippen molar-refractivity contribution >= 4 is 17.5 Å². The Balaban J connectivity index is 1.54. The highest BCUT2D eigenvalue weighted by Gasteiger charge is 2.17. The summed E-state index contributed by atoms with van der Waals surface area (Å²) in [4.78, 5) is 26.6. The van der Waals surface area contributed by atoms with Crippen LogP contribution in [-0.4, -0.2) is 43.0 Å². The van der Waals surface area contributed by atoms with Gasteiger partial charge in [0, 0.05) is 24.7 Å². The number of benzene rings is 2. The first-order valence-electron chi connectivity index (χ1n) is 9.99. The van der Waals surface area contributed by atoms with E-state index in [9.17, 15) is 9.59 Å². The Morgan fingerprint density at radius 3 is 2.52 bits per heavy atom. The number of carbonyl (C=O) groups is 2. The molecular weight excluding hydrogens is 368 g/mol. The summed E-state index contributed by atoms with van der Waals surface area (Å²) in [5.41, 5.74) is 4.19. The van der Waals surface area contributed by atoms with Crippen LogP contribution in [-0.2, 0) is 16.0 Å². The molecule has 1 aliphatic rings. The summed E-state index contributed by atoms with van der Waals surface area (Å²) < 4.78 is 11.0. The van der Waals surface area contributed by atoms with Gasteiger partial charge in [0.1, 0.15) is 13.2 Å². The second-order valence-electron chi connectivity index (χ2n) is 7.24. The highest BCUT2D eigenvalue weighted by Crippen LogP contribution is 2.32. The molecule has 0 spiro atoms. The lowest BCUT2D eigenvalue weighted by molar-refractivity contribution is -0.134. The van der Waals surface area contributed by atoms with Crippen LogP contribution in [0.2, 0.25) is 0 Å². The van der Waals surface area contributed by atoms with Crippen molar-refractivity contribution in [3.63, 3.8) is 0 Å².